The zero-order chi connectivity index (χ0) is 18.6. The molecule has 1 aliphatic heterocycles. The molecule has 27 heavy (non-hydrogen) atoms. The summed E-state index contributed by atoms with van der Waals surface area (Å²) >= 11 is 0. The molecule has 5 nitrogen and oxygen atoms in total. The van der Waals surface area contributed by atoms with Crippen molar-refractivity contribution >= 4 is 18.3 Å². The van der Waals surface area contributed by atoms with E-state index < -0.39 is 11.4 Å². The highest BCUT2D eigenvalue weighted by molar-refractivity contribution is 5.95. The van der Waals surface area contributed by atoms with Gasteiger partial charge in [-0.2, -0.15) is 5.26 Å². The Bertz CT molecular complexity index is 861. The number of piperidine rings is 1. The van der Waals surface area contributed by atoms with Crippen molar-refractivity contribution in [3.8, 4) is 17.2 Å². The number of carbonyl (C=O) groups is 1. The first-order valence-corrected chi connectivity index (χ1v) is 8.52. The molecule has 0 radical (unpaired) electrons. The minimum atomic E-state index is -0.926. The Morgan fingerprint density at radius 2 is 2.07 bits per heavy atom. The zero-order valence-electron chi connectivity index (χ0n) is 14.7. The van der Waals surface area contributed by atoms with E-state index in [-0.39, 0.29) is 30.4 Å². The molecule has 1 unspecified atom stereocenters. The van der Waals surface area contributed by atoms with Crippen molar-refractivity contribution in [1.82, 2.24) is 10.6 Å². The number of hydrogen-bond acceptors (Lipinski definition) is 4. The lowest BCUT2D eigenvalue weighted by Gasteiger charge is -2.32. The predicted molar refractivity (Wildman–Crippen MR) is 103 cm³/mol. The van der Waals surface area contributed by atoms with Crippen LogP contribution < -0.4 is 10.6 Å². The number of rotatable bonds is 4. The maximum atomic E-state index is 13.5. The van der Waals surface area contributed by atoms with Gasteiger partial charge in [0.15, 0.2) is 0 Å². The molecule has 1 aliphatic rings. The molecule has 142 valence electrons. The van der Waals surface area contributed by atoms with Crippen LogP contribution in [-0.2, 0) is 0 Å². The summed E-state index contributed by atoms with van der Waals surface area (Å²) in [5, 5.41) is 25.3. The minimum Gasteiger partial charge on any atom is -0.387 e. The lowest BCUT2D eigenvalue weighted by molar-refractivity contribution is 0.0170. The molecule has 0 aliphatic carbocycles. The fourth-order valence-corrected chi connectivity index (χ4v) is 3.08. The summed E-state index contributed by atoms with van der Waals surface area (Å²) < 4.78 is 13.5. The fraction of sp³-hybridized carbons (Fsp3) is 0.300. The van der Waals surface area contributed by atoms with E-state index in [2.05, 4.69) is 10.6 Å². The lowest BCUT2D eigenvalue weighted by atomic mass is 9.94. The summed E-state index contributed by atoms with van der Waals surface area (Å²) in [4.78, 5) is 12.4. The quantitative estimate of drug-likeness (QED) is 0.750. The minimum absolute atomic E-state index is 0. The lowest BCUT2D eigenvalue weighted by Crippen LogP contribution is -2.52. The number of benzene rings is 2. The second kappa shape index (κ2) is 8.96. The van der Waals surface area contributed by atoms with Gasteiger partial charge in [-0.05, 0) is 54.8 Å². The molecule has 3 N–H and O–H groups in total. The number of aliphatic hydroxyl groups is 1. The number of halogens is 2. The topological polar surface area (TPSA) is 85.2 Å². The van der Waals surface area contributed by atoms with E-state index in [1.54, 1.807) is 30.3 Å². The van der Waals surface area contributed by atoms with E-state index in [0.717, 1.165) is 13.0 Å². The van der Waals surface area contributed by atoms with E-state index in [9.17, 15) is 14.3 Å². The Labute approximate surface area is 163 Å². The second-order valence-electron chi connectivity index (χ2n) is 6.57. The summed E-state index contributed by atoms with van der Waals surface area (Å²) in [6.45, 7) is 1.51. The summed E-state index contributed by atoms with van der Waals surface area (Å²) in [5.74, 6) is -0.854. The van der Waals surface area contributed by atoms with Crippen molar-refractivity contribution in [3.05, 3.63) is 59.4 Å². The largest absolute Gasteiger partial charge is 0.387 e. The normalized spacial score (nSPS) is 18.9. The average molecular weight is 390 g/mol. The van der Waals surface area contributed by atoms with Gasteiger partial charge < -0.3 is 15.7 Å². The molecule has 1 fully saturated rings. The molecule has 2 aromatic rings. The number of carbonyl (C=O) groups excluding carboxylic acids is 1. The molecule has 0 saturated carbocycles. The van der Waals surface area contributed by atoms with Crippen LogP contribution in [0.3, 0.4) is 0 Å². The van der Waals surface area contributed by atoms with Gasteiger partial charge in [-0.25, -0.2) is 4.39 Å². The van der Waals surface area contributed by atoms with Gasteiger partial charge >= 0.3 is 0 Å². The van der Waals surface area contributed by atoms with Crippen LogP contribution in [0, 0.1) is 17.1 Å². The molecular weight excluding hydrogens is 369 g/mol. The average Bonchev–Trinajstić information content (AvgIpc) is 2.67. The number of nitriles is 1. The third kappa shape index (κ3) is 5.04. The predicted octanol–water partition coefficient (Wildman–Crippen LogP) is 2.63. The Morgan fingerprint density at radius 1 is 1.30 bits per heavy atom. The number of nitrogens with zero attached hydrogens (tertiary/aromatic N) is 1. The molecule has 1 amide bonds. The van der Waals surface area contributed by atoms with E-state index in [4.69, 9.17) is 5.26 Å². The van der Waals surface area contributed by atoms with Crippen molar-refractivity contribution in [2.45, 2.75) is 18.4 Å². The van der Waals surface area contributed by atoms with Gasteiger partial charge in [0.1, 0.15) is 11.9 Å². The monoisotopic (exact) mass is 389 g/mol. The molecule has 1 heterocycles. The molecule has 1 saturated heterocycles. The highest BCUT2D eigenvalue weighted by atomic mass is 35.5. The van der Waals surface area contributed by atoms with Crippen molar-refractivity contribution in [1.29, 1.82) is 5.26 Å². The van der Waals surface area contributed by atoms with Gasteiger partial charge in [0.05, 0.1) is 11.2 Å². The van der Waals surface area contributed by atoms with E-state index in [1.807, 2.05) is 6.07 Å². The molecular formula is C20H21ClFN3O2. The van der Waals surface area contributed by atoms with Gasteiger partial charge in [0.2, 0.25) is 0 Å². The number of nitrogens with one attached hydrogen (secondary N) is 2. The zero-order valence-corrected chi connectivity index (χ0v) is 15.5. The Morgan fingerprint density at radius 3 is 2.78 bits per heavy atom. The Balaban J connectivity index is 0.00000261. The van der Waals surface area contributed by atoms with Gasteiger partial charge in [0, 0.05) is 18.7 Å². The van der Waals surface area contributed by atoms with E-state index in [1.165, 1.54) is 12.1 Å². The molecule has 0 spiro atoms. The molecule has 0 aromatic heterocycles. The smallest absolute Gasteiger partial charge is 0.251 e. The highest BCUT2D eigenvalue weighted by Gasteiger charge is 2.29. The van der Waals surface area contributed by atoms with Crippen LogP contribution in [0.5, 0.6) is 0 Å². The fourth-order valence-electron chi connectivity index (χ4n) is 3.08. The van der Waals surface area contributed by atoms with Crippen LogP contribution >= 0.6 is 12.4 Å². The summed E-state index contributed by atoms with van der Waals surface area (Å²) in [6, 6.07) is 13.0. The third-order valence-electron chi connectivity index (χ3n) is 4.57. The molecule has 2 aromatic carbocycles. The SMILES string of the molecule is Cl.N#Cc1cc(-c2cccc(C(=O)NCC3(O)CCCNC3)c2)ccc1F. The molecule has 7 heteroatoms. The van der Waals surface area contributed by atoms with Crippen molar-refractivity contribution in [2.24, 2.45) is 0 Å². The van der Waals surface area contributed by atoms with Crippen molar-refractivity contribution < 1.29 is 14.3 Å². The molecule has 3 rings (SSSR count). The van der Waals surface area contributed by atoms with Crippen LogP contribution in [0.1, 0.15) is 28.8 Å². The summed E-state index contributed by atoms with van der Waals surface area (Å²) in [7, 11) is 0. The van der Waals surface area contributed by atoms with E-state index >= 15 is 0 Å². The number of amides is 1. The molecule has 0 bridgehead atoms. The van der Waals surface area contributed by atoms with Gasteiger partial charge in [0.25, 0.3) is 5.91 Å². The third-order valence-corrected chi connectivity index (χ3v) is 4.57. The van der Waals surface area contributed by atoms with Crippen LogP contribution in [0.4, 0.5) is 4.39 Å². The maximum Gasteiger partial charge on any atom is 0.251 e. The Kier molecular flexibility index (Phi) is 6.92. The first kappa shape index (κ1) is 20.8. The van der Waals surface area contributed by atoms with Gasteiger partial charge in [-0.15, -0.1) is 12.4 Å². The second-order valence-corrected chi connectivity index (χ2v) is 6.57. The first-order chi connectivity index (χ1) is 12.5. The van der Waals surface area contributed by atoms with Crippen LogP contribution in [0.2, 0.25) is 0 Å². The van der Waals surface area contributed by atoms with Crippen LogP contribution in [0.25, 0.3) is 11.1 Å². The summed E-state index contributed by atoms with van der Waals surface area (Å²) in [6.07, 6.45) is 1.51. The highest BCUT2D eigenvalue weighted by Crippen LogP contribution is 2.23. The van der Waals surface area contributed by atoms with E-state index in [0.29, 0.717) is 29.7 Å². The first-order valence-electron chi connectivity index (χ1n) is 8.52. The van der Waals surface area contributed by atoms with Crippen LogP contribution in [0.15, 0.2) is 42.5 Å². The van der Waals surface area contributed by atoms with Crippen molar-refractivity contribution in [3.63, 3.8) is 0 Å². The van der Waals surface area contributed by atoms with Gasteiger partial charge in [-0.1, -0.05) is 18.2 Å². The number of hydrogen-bond donors (Lipinski definition) is 3. The maximum absolute atomic E-state index is 13.5. The summed E-state index contributed by atoms with van der Waals surface area (Å²) in [5.41, 5.74) is 0.853. The standard InChI is InChI=1S/C20H20FN3O2.ClH/c21-18-6-5-15(10-17(18)11-22)14-3-1-4-16(9-14)19(25)24-13-20(26)7-2-8-23-12-20;/h1,3-6,9-10,23,26H,2,7-8,12-13H2,(H,24,25);1H. The van der Waals surface area contributed by atoms with Crippen molar-refractivity contribution in [2.75, 3.05) is 19.6 Å². The molecule has 1 atom stereocenters. The van der Waals surface area contributed by atoms with Gasteiger partial charge in [-0.3, -0.25) is 4.79 Å². The number of β-amino-alcohol motifs (C(OH)–C–C–N with tert-alkyl or cyclic N) is 1. The van der Waals surface area contributed by atoms with Crippen LogP contribution in [-0.4, -0.2) is 36.2 Å². The Hall–Kier alpha value is -2.46.